The van der Waals surface area contributed by atoms with Gasteiger partial charge in [0.05, 0.1) is 6.61 Å². The highest BCUT2D eigenvalue weighted by Crippen LogP contribution is 2.13. The Morgan fingerprint density at radius 2 is 2.06 bits per heavy atom. The lowest BCUT2D eigenvalue weighted by atomic mass is 10.2. The molecule has 0 fully saturated rings. The molecule has 0 spiro atoms. The van der Waals surface area contributed by atoms with Gasteiger partial charge in [-0.15, -0.1) is 0 Å². The number of ether oxygens (including phenoxy) is 1. The summed E-state index contributed by atoms with van der Waals surface area (Å²) >= 11 is 0. The van der Waals surface area contributed by atoms with E-state index in [1.807, 2.05) is 6.92 Å². The summed E-state index contributed by atoms with van der Waals surface area (Å²) in [5.41, 5.74) is 0. The molecular weight excluding hydrogens is 243 g/mol. The van der Waals surface area contributed by atoms with Gasteiger partial charge in [0.2, 0.25) is 0 Å². The van der Waals surface area contributed by atoms with Crippen molar-refractivity contribution in [2.75, 3.05) is 31.8 Å². The highest BCUT2D eigenvalue weighted by Gasteiger charge is 2.27. The van der Waals surface area contributed by atoms with E-state index in [0.717, 1.165) is 6.42 Å². The Kier molecular flexibility index (Phi) is 7.96. The van der Waals surface area contributed by atoms with Crippen molar-refractivity contribution in [3.63, 3.8) is 0 Å². The van der Waals surface area contributed by atoms with Crippen molar-refractivity contribution in [3.8, 4) is 0 Å². The average molecular weight is 261 g/mol. The third-order valence-corrected chi connectivity index (χ3v) is 2.65. The molecule has 0 rings (SSSR count). The maximum absolute atomic E-state index is 11.7. The Balaban J connectivity index is 3.34. The topological polar surface area (TPSA) is 38.3 Å². The van der Waals surface area contributed by atoms with Crippen molar-refractivity contribution < 1.29 is 22.1 Å². The van der Waals surface area contributed by atoms with E-state index in [2.05, 4.69) is 10.1 Å². The smallest absolute Gasteiger partial charge is 0.371 e. The van der Waals surface area contributed by atoms with E-state index in [4.69, 9.17) is 0 Å². The molecule has 0 aromatic carbocycles. The van der Waals surface area contributed by atoms with Gasteiger partial charge in [-0.25, -0.2) is 0 Å². The van der Waals surface area contributed by atoms with E-state index in [1.165, 1.54) is 0 Å². The highest BCUT2D eigenvalue weighted by atomic mass is 32.2. The first kappa shape index (κ1) is 15.9. The third-order valence-electron chi connectivity index (χ3n) is 1.84. The van der Waals surface area contributed by atoms with Gasteiger partial charge in [-0.1, -0.05) is 0 Å². The summed E-state index contributed by atoms with van der Waals surface area (Å²) in [7, 11) is -0.827. The summed E-state index contributed by atoms with van der Waals surface area (Å²) < 4.78 is 50.2. The number of hydrogen-bond donors (Lipinski definition) is 1. The van der Waals surface area contributed by atoms with Crippen molar-refractivity contribution in [1.29, 1.82) is 0 Å². The number of rotatable bonds is 8. The molecule has 0 aliphatic carbocycles. The Morgan fingerprint density at radius 1 is 1.44 bits per heavy atom. The van der Waals surface area contributed by atoms with Crippen LogP contribution in [-0.4, -0.2) is 48.2 Å². The zero-order valence-electron chi connectivity index (χ0n) is 9.47. The quantitative estimate of drug-likeness (QED) is 0.670. The molecule has 0 saturated carbocycles. The Labute approximate surface area is 96.2 Å². The maximum atomic E-state index is 11.7. The molecule has 0 aliphatic heterocycles. The summed E-state index contributed by atoms with van der Waals surface area (Å²) in [5, 5.41) is 3.00. The summed E-state index contributed by atoms with van der Waals surface area (Å²) in [4.78, 5) is 0. The molecule has 2 atom stereocenters. The molecule has 7 heteroatoms. The second kappa shape index (κ2) is 8.03. The first-order valence-corrected chi connectivity index (χ1v) is 6.72. The maximum Gasteiger partial charge on any atom is 0.411 e. The van der Waals surface area contributed by atoms with Gasteiger partial charge in [0.25, 0.3) is 0 Å². The van der Waals surface area contributed by atoms with Crippen molar-refractivity contribution in [3.05, 3.63) is 0 Å². The van der Waals surface area contributed by atoms with Crippen LogP contribution in [0.25, 0.3) is 0 Å². The number of halogens is 3. The fourth-order valence-corrected chi connectivity index (χ4v) is 1.70. The van der Waals surface area contributed by atoms with E-state index in [-0.39, 0.29) is 12.6 Å². The van der Waals surface area contributed by atoms with Gasteiger partial charge >= 0.3 is 6.18 Å². The van der Waals surface area contributed by atoms with Gasteiger partial charge < -0.3 is 10.1 Å². The summed E-state index contributed by atoms with van der Waals surface area (Å²) in [6, 6.07) is 0.137. The standard InChI is InChI=1S/C9H18F3NO2S/c1-8(3-6-16(2)14)13-4-5-15-7-9(10,11)12/h8,13H,3-7H2,1-2H3. The Hall–Kier alpha value is -0.140. The largest absolute Gasteiger partial charge is 0.411 e. The lowest BCUT2D eigenvalue weighted by molar-refractivity contribution is -0.173. The van der Waals surface area contributed by atoms with Crippen LogP contribution < -0.4 is 5.32 Å². The number of hydrogen-bond acceptors (Lipinski definition) is 3. The minimum Gasteiger partial charge on any atom is -0.371 e. The molecule has 0 aliphatic rings. The molecule has 3 nitrogen and oxygen atoms in total. The van der Waals surface area contributed by atoms with Crippen LogP contribution in [0.5, 0.6) is 0 Å². The van der Waals surface area contributed by atoms with Crippen LogP contribution in [0.4, 0.5) is 13.2 Å². The van der Waals surface area contributed by atoms with Crippen LogP contribution in [0.3, 0.4) is 0 Å². The van der Waals surface area contributed by atoms with Crippen molar-refractivity contribution in [2.24, 2.45) is 0 Å². The fourth-order valence-electron chi connectivity index (χ4n) is 1.01. The van der Waals surface area contributed by atoms with Gasteiger partial charge in [-0.3, -0.25) is 4.21 Å². The Bertz CT molecular complexity index is 211. The lowest BCUT2D eigenvalue weighted by Gasteiger charge is -2.13. The van der Waals surface area contributed by atoms with Crippen LogP contribution in [0, 0.1) is 0 Å². The van der Waals surface area contributed by atoms with E-state index in [1.54, 1.807) is 6.26 Å². The van der Waals surface area contributed by atoms with Crippen molar-refractivity contribution in [1.82, 2.24) is 5.32 Å². The predicted molar refractivity (Wildman–Crippen MR) is 57.9 cm³/mol. The molecule has 0 aromatic heterocycles. The van der Waals surface area contributed by atoms with Crippen LogP contribution >= 0.6 is 0 Å². The summed E-state index contributed by atoms with van der Waals surface area (Å²) in [6.45, 7) is 1.09. The molecule has 1 N–H and O–H groups in total. The van der Waals surface area contributed by atoms with Crippen molar-refractivity contribution >= 4 is 10.8 Å². The zero-order valence-corrected chi connectivity index (χ0v) is 10.3. The van der Waals surface area contributed by atoms with Crippen molar-refractivity contribution in [2.45, 2.75) is 25.6 Å². The highest BCUT2D eigenvalue weighted by molar-refractivity contribution is 7.84. The second-order valence-electron chi connectivity index (χ2n) is 3.59. The molecule has 2 unspecified atom stereocenters. The molecule has 0 bridgehead atoms. The van der Waals surface area contributed by atoms with Gasteiger partial charge in [-0.2, -0.15) is 13.2 Å². The molecule has 0 aromatic rings. The molecular formula is C9H18F3NO2S. The molecule has 0 heterocycles. The average Bonchev–Trinajstić information content (AvgIpc) is 2.12. The SMILES string of the molecule is CC(CCS(C)=O)NCCOCC(F)(F)F. The molecule has 0 saturated heterocycles. The first-order valence-electron chi connectivity index (χ1n) is 4.99. The normalized spacial score (nSPS) is 16.1. The van der Waals surface area contributed by atoms with Crippen LogP contribution in [0.15, 0.2) is 0 Å². The minimum atomic E-state index is -4.26. The van der Waals surface area contributed by atoms with E-state index in [0.29, 0.717) is 12.3 Å². The van der Waals surface area contributed by atoms with E-state index >= 15 is 0 Å². The predicted octanol–water partition coefficient (Wildman–Crippen LogP) is 1.31. The zero-order chi connectivity index (χ0) is 12.6. The minimum absolute atomic E-state index is 0.0268. The van der Waals surface area contributed by atoms with Gasteiger partial charge in [0.1, 0.15) is 6.61 Å². The van der Waals surface area contributed by atoms with Gasteiger partial charge in [0.15, 0.2) is 0 Å². The second-order valence-corrected chi connectivity index (χ2v) is 5.14. The van der Waals surface area contributed by atoms with Gasteiger partial charge in [-0.05, 0) is 13.3 Å². The number of nitrogens with one attached hydrogen (secondary N) is 1. The number of alkyl halides is 3. The first-order chi connectivity index (χ1) is 7.31. The Morgan fingerprint density at radius 3 is 2.56 bits per heavy atom. The molecule has 98 valence electrons. The van der Waals surface area contributed by atoms with Crippen LogP contribution in [-0.2, 0) is 15.5 Å². The molecule has 0 amide bonds. The monoisotopic (exact) mass is 261 g/mol. The molecule has 16 heavy (non-hydrogen) atoms. The fraction of sp³-hybridized carbons (Fsp3) is 1.00. The van der Waals surface area contributed by atoms with E-state index in [9.17, 15) is 17.4 Å². The van der Waals surface area contributed by atoms with Gasteiger partial charge in [0, 0.05) is 35.4 Å². The lowest BCUT2D eigenvalue weighted by Crippen LogP contribution is -2.31. The summed E-state index contributed by atoms with van der Waals surface area (Å²) in [6.07, 6.45) is -1.90. The molecule has 0 radical (unpaired) electrons. The third kappa shape index (κ3) is 11.9. The van der Waals surface area contributed by atoms with Crippen LogP contribution in [0.2, 0.25) is 0 Å². The van der Waals surface area contributed by atoms with Crippen LogP contribution in [0.1, 0.15) is 13.3 Å². The summed E-state index contributed by atoms with van der Waals surface area (Å²) in [5.74, 6) is 0.595. The van der Waals surface area contributed by atoms with E-state index < -0.39 is 23.6 Å².